The minimum absolute atomic E-state index is 0.386. The third-order valence-electron chi connectivity index (χ3n) is 2.20. The Morgan fingerprint density at radius 2 is 2.14 bits per heavy atom. The molecule has 0 atom stereocenters. The largest absolute Gasteiger partial charge is 0.417 e. The van der Waals surface area contributed by atoms with Crippen LogP contribution in [0.1, 0.15) is 5.56 Å². The van der Waals surface area contributed by atoms with Gasteiger partial charge in [-0.3, -0.25) is 4.84 Å². The van der Waals surface area contributed by atoms with Gasteiger partial charge in [0.25, 0.3) is 0 Å². The average molecular weight is 192 g/mol. The van der Waals surface area contributed by atoms with Crippen molar-refractivity contribution in [2.24, 2.45) is 5.90 Å². The lowest BCUT2D eigenvalue weighted by Gasteiger charge is -2.00. The van der Waals surface area contributed by atoms with Gasteiger partial charge in [-0.15, -0.1) is 0 Å². The number of nitrogens with zero attached hydrogens (tertiary/aromatic N) is 1. The van der Waals surface area contributed by atoms with Gasteiger partial charge >= 0.3 is 0 Å². The van der Waals surface area contributed by atoms with Crippen molar-refractivity contribution in [2.75, 3.05) is 7.11 Å². The van der Waals surface area contributed by atoms with Crippen molar-refractivity contribution < 1.29 is 9.68 Å². The number of nitrogens with two attached hydrogens (primary N) is 1. The molecular formula is C10H12N2O2. The maximum Gasteiger partial charge on any atom is 0.104 e. The lowest BCUT2D eigenvalue weighted by molar-refractivity contribution is 0.123. The van der Waals surface area contributed by atoms with Crippen molar-refractivity contribution in [2.45, 2.75) is 6.61 Å². The minimum atomic E-state index is 0.386. The molecule has 1 aromatic carbocycles. The summed E-state index contributed by atoms with van der Waals surface area (Å²) in [6, 6.07) is 7.94. The molecule has 0 aliphatic rings. The first-order chi connectivity index (χ1) is 6.86. The Kier molecular flexibility index (Phi) is 2.39. The normalized spacial score (nSPS) is 10.7. The fourth-order valence-corrected chi connectivity index (χ4v) is 1.57. The van der Waals surface area contributed by atoms with E-state index in [1.807, 2.05) is 30.5 Å². The predicted molar refractivity (Wildman–Crippen MR) is 53.4 cm³/mol. The van der Waals surface area contributed by atoms with Gasteiger partial charge in [0.15, 0.2) is 0 Å². The number of benzene rings is 1. The smallest absolute Gasteiger partial charge is 0.104 e. The summed E-state index contributed by atoms with van der Waals surface area (Å²) in [4.78, 5) is 9.80. The fourth-order valence-electron chi connectivity index (χ4n) is 1.57. The van der Waals surface area contributed by atoms with Gasteiger partial charge in [0.05, 0.1) is 18.3 Å². The molecule has 2 N–H and O–H groups in total. The predicted octanol–water partition coefficient (Wildman–Crippen LogP) is 1.09. The first-order valence-corrected chi connectivity index (χ1v) is 4.32. The summed E-state index contributed by atoms with van der Waals surface area (Å²) in [5.74, 6) is 5.05. The molecule has 4 nitrogen and oxygen atoms in total. The van der Waals surface area contributed by atoms with E-state index in [-0.39, 0.29) is 0 Å². The van der Waals surface area contributed by atoms with Crippen molar-refractivity contribution in [3.8, 4) is 0 Å². The van der Waals surface area contributed by atoms with Crippen LogP contribution in [0.4, 0.5) is 0 Å². The van der Waals surface area contributed by atoms with Crippen molar-refractivity contribution in [3.05, 3.63) is 36.0 Å². The van der Waals surface area contributed by atoms with Crippen LogP contribution in [0.2, 0.25) is 0 Å². The first-order valence-electron chi connectivity index (χ1n) is 4.32. The zero-order chi connectivity index (χ0) is 9.97. The van der Waals surface area contributed by atoms with Gasteiger partial charge in [-0.2, -0.15) is 4.73 Å². The lowest BCUT2D eigenvalue weighted by atomic mass is 10.2. The molecule has 2 rings (SSSR count). The van der Waals surface area contributed by atoms with Gasteiger partial charge in [-0.1, -0.05) is 18.2 Å². The molecule has 0 saturated carbocycles. The highest BCUT2D eigenvalue weighted by Gasteiger charge is 2.07. The third kappa shape index (κ3) is 1.34. The van der Waals surface area contributed by atoms with E-state index in [2.05, 4.69) is 4.84 Å². The van der Waals surface area contributed by atoms with Gasteiger partial charge in [-0.25, -0.2) is 5.90 Å². The van der Waals surface area contributed by atoms with E-state index in [9.17, 15) is 0 Å². The molecule has 2 aromatic rings. The molecular weight excluding hydrogens is 180 g/mol. The molecule has 1 aromatic heterocycles. The van der Waals surface area contributed by atoms with Crippen molar-refractivity contribution in [1.29, 1.82) is 0 Å². The summed E-state index contributed by atoms with van der Waals surface area (Å²) in [6.07, 6.45) is 1.87. The van der Waals surface area contributed by atoms with Crippen LogP contribution in [0, 0.1) is 0 Å². The van der Waals surface area contributed by atoms with E-state index < -0.39 is 0 Å². The highest BCUT2D eigenvalue weighted by Crippen LogP contribution is 2.20. The number of para-hydroxylation sites is 1. The maximum atomic E-state index is 5.17. The van der Waals surface area contributed by atoms with Gasteiger partial charge in [0.2, 0.25) is 0 Å². The van der Waals surface area contributed by atoms with Crippen molar-refractivity contribution in [1.82, 2.24) is 4.73 Å². The summed E-state index contributed by atoms with van der Waals surface area (Å²) in [5, 5.41) is 1.10. The summed E-state index contributed by atoms with van der Waals surface area (Å²) >= 11 is 0. The molecule has 0 fully saturated rings. The fraction of sp³-hybridized carbons (Fsp3) is 0.200. The number of fused-ring (bicyclic) bond motifs is 1. The maximum absolute atomic E-state index is 5.17. The monoisotopic (exact) mass is 192 g/mol. The molecule has 0 amide bonds. The molecule has 4 heteroatoms. The Labute approximate surface area is 81.7 Å². The van der Waals surface area contributed by atoms with Crippen LogP contribution < -0.4 is 10.7 Å². The minimum Gasteiger partial charge on any atom is -0.417 e. The third-order valence-corrected chi connectivity index (χ3v) is 2.20. The molecule has 0 unspecified atom stereocenters. The Hall–Kier alpha value is -1.52. The van der Waals surface area contributed by atoms with Crippen LogP contribution >= 0.6 is 0 Å². The Morgan fingerprint density at radius 3 is 2.86 bits per heavy atom. The summed E-state index contributed by atoms with van der Waals surface area (Å²) in [6.45, 7) is 0.386. The second-order valence-electron chi connectivity index (χ2n) is 2.99. The van der Waals surface area contributed by atoms with E-state index >= 15 is 0 Å². The average Bonchev–Trinajstić information content (AvgIpc) is 2.58. The van der Waals surface area contributed by atoms with E-state index in [0.717, 1.165) is 16.5 Å². The highest BCUT2D eigenvalue weighted by molar-refractivity contribution is 5.83. The zero-order valence-electron chi connectivity index (χ0n) is 7.93. The lowest BCUT2D eigenvalue weighted by Crippen LogP contribution is -2.03. The topological polar surface area (TPSA) is 49.4 Å². The molecule has 0 aliphatic heterocycles. The van der Waals surface area contributed by atoms with Gasteiger partial charge in [0.1, 0.15) is 7.11 Å². The number of hydrogen-bond donors (Lipinski definition) is 1. The zero-order valence-corrected chi connectivity index (χ0v) is 7.93. The Balaban J connectivity index is 2.61. The molecule has 74 valence electrons. The summed E-state index contributed by atoms with van der Waals surface area (Å²) in [5.41, 5.74) is 2.03. The van der Waals surface area contributed by atoms with Crippen LogP contribution in [-0.4, -0.2) is 11.8 Å². The van der Waals surface area contributed by atoms with Gasteiger partial charge in [-0.05, 0) is 6.07 Å². The van der Waals surface area contributed by atoms with Crippen LogP contribution in [-0.2, 0) is 11.4 Å². The summed E-state index contributed by atoms with van der Waals surface area (Å²) in [7, 11) is 1.62. The summed E-state index contributed by atoms with van der Waals surface area (Å²) < 4.78 is 1.70. The van der Waals surface area contributed by atoms with Crippen molar-refractivity contribution in [3.63, 3.8) is 0 Å². The van der Waals surface area contributed by atoms with Crippen molar-refractivity contribution >= 4 is 10.9 Å². The molecule has 0 bridgehead atoms. The van der Waals surface area contributed by atoms with Crippen LogP contribution in [0.15, 0.2) is 30.5 Å². The molecule has 0 aliphatic carbocycles. The second kappa shape index (κ2) is 3.69. The molecule has 1 heterocycles. The van der Waals surface area contributed by atoms with E-state index in [1.165, 1.54) is 0 Å². The van der Waals surface area contributed by atoms with E-state index in [4.69, 9.17) is 10.7 Å². The molecule has 0 spiro atoms. The van der Waals surface area contributed by atoms with Gasteiger partial charge in [0, 0.05) is 10.9 Å². The Bertz CT molecular complexity index is 437. The van der Waals surface area contributed by atoms with Gasteiger partial charge < -0.3 is 4.84 Å². The highest BCUT2D eigenvalue weighted by atomic mass is 16.6. The quantitative estimate of drug-likeness (QED) is 0.740. The molecule has 0 saturated heterocycles. The number of hydrogen-bond acceptors (Lipinski definition) is 3. The molecule has 0 radical (unpaired) electrons. The molecule has 14 heavy (non-hydrogen) atoms. The second-order valence-corrected chi connectivity index (χ2v) is 2.99. The first kappa shape index (κ1) is 9.05. The number of aromatic nitrogens is 1. The standard InChI is InChI=1S/C10H12N2O2/c1-13-12-6-8(7-14-11)9-4-2-3-5-10(9)12/h2-6H,7,11H2,1H3. The Morgan fingerprint density at radius 1 is 1.36 bits per heavy atom. The van der Waals surface area contributed by atoms with Crippen LogP contribution in [0.25, 0.3) is 10.9 Å². The number of rotatable bonds is 3. The van der Waals surface area contributed by atoms with E-state index in [0.29, 0.717) is 6.61 Å². The SMILES string of the molecule is COn1cc(CON)c2ccccc21. The van der Waals surface area contributed by atoms with E-state index in [1.54, 1.807) is 11.8 Å². The van der Waals surface area contributed by atoms with Crippen LogP contribution in [0.3, 0.4) is 0 Å². The van der Waals surface area contributed by atoms with Crippen LogP contribution in [0.5, 0.6) is 0 Å².